The summed E-state index contributed by atoms with van der Waals surface area (Å²) in [4.78, 5) is 34.4. The molecule has 138 valence electrons. The van der Waals surface area contributed by atoms with Gasteiger partial charge >= 0.3 is 11.9 Å². The zero-order valence-electron chi connectivity index (χ0n) is 14.4. The first-order valence-electron chi connectivity index (χ1n) is 8.85. The highest BCUT2D eigenvalue weighted by molar-refractivity contribution is 5.93. The van der Waals surface area contributed by atoms with Gasteiger partial charge in [-0.15, -0.1) is 0 Å². The van der Waals surface area contributed by atoms with Gasteiger partial charge < -0.3 is 20.1 Å². The molecule has 0 unspecified atom stereocenters. The Hall–Kier alpha value is -2.83. The van der Waals surface area contributed by atoms with Crippen molar-refractivity contribution in [3.05, 3.63) is 40.2 Å². The van der Waals surface area contributed by atoms with E-state index in [4.69, 9.17) is 5.11 Å². The van der Waals surface area contributed by atoms with Gasteiger partial charge in [-0.1, -0.05) is 6.42 Å². The summed E-state index contributed by atoms with van der Waals surface area (Å²) in [5, 5.41) is 21.6. The standard InChI is InChI=1S/C19H22N2O5/c22-17(23)4-2-1-3-9-20-12-5-8-16-14(10-12)18(24)15(19(25)26)11-21(16)13-6-7-13/h5,8,10-11,13,20H,1-4,6-7,9H2,(H,22,23)(H,25,26). The number of nitrogens with one attached hydrogen (secondary N) is 1. The minimum absolute atomic E-state index is 0.175. The first-order valence-corrected chi connectivity index (χ1v) is 8.85. The number of aromatic carboxylic acids is 1. The third-order valence-corrected chi connectivity index (χ3v) is 4.60. The molecule has 1 aromatic carbocycles. The maximum absolute atomic E-state index is 12.5. The summed E-state index contributed by atoms with van der Waals surface area (Å²) in [5.41, 5.74) is 0.858. The van der Waals surface area contributed by atoms with Gasteiger partial charge in [-0.3, -0.25) is 9.59 Å². The molecule has 3 N–H and O–H groups in total. The molecule has 0 radical (unpaired) electrons. The molecule has 0 spiro atoms. The number of rotatable bonds is 9. The lowest BCUT2D eigenvalue weighted by Crippen LogP contribution is -2.18. The third-order valence-electron chi connectivity index (χ3n) is 4.60. The van der Waals surface area contributed by atoms with Crippen molar-refractivity contribution >= 4 is 28.5 Å². The van der Waals surface area contributed by atoms with Gasteiger partial charge in [-0.05, 0) is 43.9 Å². The van der Waals surface area contributed by atoms with Crippen molar-refractivity contribution in [1.82, 2.24) is 4.57 Å². The van der Waals surface area contributed by atoms with Gasteiger partial charge in [0.2, 0.25) is 5.43 Å². The number of hydrogen-bond acceptors (Lipinski definition) is 4. The Morgan fingerprint density at radius 3 is 2.58 bits per heavy atom. The highest BCUT2D eigenvalue weighted by Crippen LogP contribution is 2.37. The molecular formula is C19H22N2O5. The minimum atomic E-state index is -1.21. The Morgan fingerprint density at radius 1 is 1.15 bits per heavy atom. The van der Waals surface area contributed by atoms with E-state index in [1.54, 1.807) is 6.07 Å². The molecular weight excluding hydrogens is 336 g/mol. The molecule has 1 aliphatic rings. The predicted octanol–water partition coefficient (Wildman–Crippen LogP) is 3.09. The van der Waals surface area contributed by atoms with E-state index in [1.807, 2.05) is 16.7 Å². The number of unbranched alkanes of at least 4 members (excludes halogenated alkanes) is 2. The predicted molar refractivity (Wildman–Crippen MR) is 98.0 cm³/mol. The van der Waals surface area contributed by atoms with E-state index in [-0.39, 0.29) is 18.0 Å². The van der Waals surface area contributed by atoms with Crippen LogP contribution in [0.5, 0.6) is 0 Å². The van der Waals surface area contributed by atoms with Gasteiger partial charge in [-0.25, -0.2) is 4.79 Å². The molecule has 1 fully saturated rings. The van der Waals surface area contributed by atoms with Crippen LogP contribution in [0.25, 0.3) is 10.9 Å². The maximum atomic E-state index is 12.5. The van der Waals surface area contributed by atoms with Gasteiger partial charge in [0.1, 0.15) is 5.56 Å². The number of aliphatic carboxylic acids is 1. The molecule has 1 aromatic heterocycles. The zero-order chi connectivity index (χ0) is 18.7. The molecule has 0 atom stereocenters. The summed E-state index contributed by atoms with van der Waals surface area (Å²) in [7, 11) is 0. The topological polar surface area (TPSA) is 109 Å². The van der Waals surface area contributed by atoms with Crippen molar-refractivity contribution in [2.75, 3.05) is 11.9 Å². The average Bonchev–Trinajstić information content (AvgIpc) is 3.43. The van der Waals surface area contributed by atoms with E-state index in [1.165, 1.54) is 6.20 Å². The Balaban J connectivity index is 1.77. The fourth-order valence-corrected chi connectivity index (χ4v) is 3.08. The number of carbonyl (C=O) groups is 2. The summed E-state index contributed by atoms with van der Waals surface area (Å²) >= 11 is 0. The van der Waals surface area contributed by atoms with Crippen molar-refractivity contribution < 1.29 is 19.8 Å². The largest absolute Gasteiger partial charge is 0.481 e. The molecule has 7 nitrogen and oxygen atoms in total. The van der Waals surface area contributed by atoms with E-state index in [0.717, 1.165) is 36.9 Å². The molecule has 1 saturated carbocycles. The lowest BCUT2D eigenvalue weighted by Gasteiger charge is -2.13. The van der Waals surface area contributed by atoms with Gasteiger partial charge in [0.15, 0.2) is 0 Å². The van der Waals surface area contributed by atoms with Crippen LogP contribution in [-0.2, 0) is 4.79 Å². The molecule has 2 aromatic rings. The number of nitrogens with zero attached hydrogens (tertiary/aromatic N) is 1. The highest BCUT2D eigenvalue weighted by atomic mass is 16.4. The molecule has 0 amide bonds. The number of carboxylic acid groups (broad SMARTS) is 2. The molecule has 7 heteroatoms. The second-order valence-corrected chi connectivity index (χ2v) is 6.68. The summed E-state index contributed by atoms with van der Waals surface area (Å²) in [6.07, 6.45) is 5.90. The molecule has 0 aliphatic heterocycles. The molecule has 0 bridgehead atoms. The number of carboxylic acids is 2. The number of benzene rings is 1. The van der Waals surface area contributed by atoms with Crippen molar-refractivity contribution in [2.45, 2.75) is 44.6 Å². The maximum Gasteiger partial charge on any atom is 0.341 e. The SMILES string of the molecule is O=C(O)CCCCCNc1ccc2c(c1)c(=O)c(C(=O)O)cn2C1CC1. The van der Waals surface area contributed by atoms with Crippen LogP contribution in [0.2, 0.25) is 0 Å². The fourth-order valence-electron chi connectivity index (χ4n) is 3.08. The number of fused-ring (bicyclic) bond motifs is 1. The van der Waals surface area contributed by atoms with Crippen LogP contribution in [0.3, 0.4) is 0 Å². The van der Waals surface area contributed by atoms with E-state index in [9.17, 15) is 19.5 Å². The average molecular weight is 358 g/mol. The van der Waals surface area contributed by atoms with Crippen LogP contribution >= 0.6 is 0 Å². The lowest BCUT2D eigenvalue weighted by atomic mass is 10.1. The molecule has 1 aliphatic carbocycles. The van der Waals surface area contributed by atoms with Gasteiger partial charge in [0, 0.05) is 36.3 Å². The Morgan fingerprint density at radius 2 is 1.92 bits per heavy atom. The van der Waals surface area contributed by atoms with E-state index >= 15 is 0 Å². The van der Waals surface area contributed by atoms with E-state index < -0.39 is 17.4 Å². The summed E-state index contributed by atoms with van der Waals surface area (Å²) < 4.78 is 1.90. The van der Waals surface area contributed by atoms with Crippen LogP contribution in [0.15, 0.2) is 29.2 Å². The van der Waals surface area contributed by atoms with Crippen LogP contribution in [0.4, 0.5) is 5.69 Å². The second kappa shape index (κ2) is 7.59. The second-order valence-electron chi connectivity index (χ2n) is 6.68. The van der Waals surface area contributed by atoms with E-state index in [0.29, 0.717) is 18.4 Å². The smallest absolute Gasteiger partial charge is 0.341 e. The lowest BCUT2D eigenvalue weighted by molar-refractivity contribution is -0.137. The van der Waals surface area contributed by atoms with Crippen molar-refractivity contribution in [3.8, 4) is 0 Å². The van der Waals surface area contributed by atoms with Gasteiger partial charge in [0.05, 0.1) is 5.52 Å². The monoisotopic (exact) mass is 358 g/mol. The van der Waals surface area contributed by atoms with Crippen molar-refractivity contribution in [2.24, 2.45) is 0 Å². The summed E-state index contributed by atoms with van der Waals surface area (Å²) in [6.45, 7) is 0.667. The first-order chi connectivity index (χ1) is 12.5. The minimum Gasteiger partial charge on any atom is -0.481 e. The number of pyridine rings is 1. The van der Waals surface area contributed by atoms with Crippen LogP contribution in [0, 0.1) is 0 Å². The van der Waals surface area contributed by atoms with Crippen molar-refractivity contribution in [1.29, 1.82) is 0 Å². The summed E-state index contributed by atoms with van der Waals surface area (Å²) in [6, 6.07) is 5.72. The number of anilines is 1. The van der Waals surface area contributed by atoms with Crippen LogP contribution in [0.1, 0.15) is 54.9 Å². The number of aromatic nitrogens is 1. The van der Waals surface area contributed by atoms with Crippen molar-refractivity contribution in [3.63, 3.8) is 0 Å². The number of hydrogen-bond donors (Lipinski definition) is 3. The normalized spacial score (nSPS) is 13.7. The Kier molecular flexibility index (Phi) is 5.25. The molecule has 26 heavy (non-hydrogen) atoms. The quantitative estimate of drug-likeness (QED) is 0.594. The fraction of sp³-hybridized carbons (Fsp3) is 0.421. The Labute approximate surface area is 150 Å². The summed E-state index contributed by atoms with van der Waals surface area (Å²) in [5.74, 6) is -1.99. The van der Waals surface area contributed by atoms with Gasteiger partial charge in [-0.2, -0.15) is 0 Å². The molecule has 3 rings (SSSR count). The highest BCUT2D eigenvalue weighted by Gasteiger charge is 2.26. The van der Waals surface area contributed by atoms with Gasteiger partial charge in [0.25, 0.3) is 0 Å². The zero-order valence-corrected chi connectivity index (χ0v) is 14.4. The molecule has 0 saturated heterocycles. The Bertz CT molecular complexity index is 899. The first kappa shape index (κ1) is 18.0. The molecule has 1 heterocycles. The third kappa shape index (κ3) is 4.04. The van der Waals surface area contributed by atoms with Crippen LogP contribution < -0.4 is 10.7 Å². The van der Waals surface area contributed by atoms with E-state index in [2.05, 4.69) is 5.32 Å². The van der Waals surface area contributed by atoms with Crippen LogP contribution in [-0.4, -0.2) is 33.3 Å².